The number of ether oxygens (including phenoxy) is 3. The third kappa shape index (κ3) is 4.29. The van der Waals surface area contributed by atoms with E-state index in [1.54, 1.807) is 6.07 Å². The monoisotopic (exact) mass is 476 g/mol. The SMILES string of the molecule is O=C(OCc1cc(Br)cc2c1O[C@H](c1ccccc1)OC2)c1c(F)cccc1Cl. The van der Waals surface area contributed by atoms with Crippen LogP contribution in [-0.2, 0) is 22.7 Å². The Balaban J connectivity index is 1.57. The molecule has 1 aliphatic heterocycles. The Labute approximate surface area is 180 Å². The number of benzene rings is 3. The first-order valence-corrected chi connectivity index (χ1v) is 9.95. The van der Waals surface area contributed by atoms with Gasteiger partial charge in [0.1, 0.15) is 23.7 Å². The second-order valence-corrected chi connectivity index (χ2v) is 7.72. The molecule has 0 amide bonds. The summed E-state index contributed by atoms with van der Waals surface area (Å²) in [6.07, 6.45) is -0.569. The Morgan fingerprint density at radius 1 is 1.17 bits per heavy atom. The van der Waals surface area contributed by atoms with Crippen LogP contribution in [-0.4, -0.2) is 5.97 Å². The molecule has 1 atom stereocenters. The summed E-state index contributed by atoms with van der Waals surface area (Å²) in [5.74, 6) is -0.984. The fraction of sp³-hybridized carbons (Fsp3) is 0.136. The van der Waals surface area contributed by atoms with Gasteiger partial charge in [-0.2, -0.15) is 0 Å². The van der Waals surface area contributed by atoms with E-state index in [1.807, 2.05) is 36.4 Å². The van der Waals surface area contributed by atoms with Crippen LogP contribution < -0.4 is 4.74 Å². The Hall–Kier alpha value is -2.41. The Morgan fingerprint density at radius 3 is 2.72 bits per heavy atom. The van der Waals surface area contributed by atoms with Crippen LogP contribution in [0.25, 0.3) is 0 Å². The number of hydrogen-bond donors (Lipinski definition) is 0. The lowest BCUT2D eigenvalue weighted by molar-refractivity contribution is -0.112. The van der Waals surface area contributed by atoms with Gasteiger partial charge in [0, 0.05) is 21.2 Å². The van der Waals surface area contributed by atoms with Crippen molar-refractivity contribution in [3.05, 3.63) is 98.2 Å². The van der Waals surface area contributed by atoms with Crippen molar-refractivity contribution in [2.24, 2.45) is 0 Å². The van der Waals surface area contributed by atoms with Gasteiger partial charge >= 0.3 is 5.97 Å². The normalized spacial score (nSPS) is 15.3. The van der Waals surface area contributed by atoms with E-state index < -0.39 is 18.1 Å². The average molecular weight is 478 g/mol. The number of halogens is 3. The van der Waals surface area contributed by atoms with E-state index in [2.05, 4.69) is 15.9 Å². The highest BCUT2D eigenvalue weighted by atomic mass is 79.9. The number of esters is 1. The fourth-order valence-corrected chi connectivity index (χ4v) is 3.86. The highest BCUT2D eigenvalue weighted by Gasteiger charge is 2.26. The topological polar surface area (TPSA) is 44.8 Å². The molecule has 0 N–H and O–H groups in total. The lowest BCUT2D eigenvalue weighted by Gasteiger charge is -2.28. The molecule has 1 aliphatic rings. The first-order chi connectivity index (χ1) is 14.0. The summed E-state index contributed by atoms with van der Waals surface area (Å²) < 4.78 is 32.0. The number of carbonyl (C=O) groups excluding carboxylic acids is 1. The smallest absolute Gasteiger partial charge is 0.343 e. The van der Waals surface area contributed by atoms with E-state index in [0.29, 0.717) is 17.9 Å². The summed E-state index contributed by atoms with van der Waals surface area (Å²) in [7, 11) is 0. The molecule has 3 aromatic carbocycles. The molecule has 148 valence electrons. The van der Waals surface area contributed by atoms with Crippen molar-refractivity contribution < 1.29 is 23.4 Å². The average Bonchev–Trinajstić information content (AvgIpc) is 2.72. The minimum Gasteiger partial charge on any atom is -0.460 e. The third-order valence-corrected chi connectivity index (χ3v) is 5.19. The van der Waals surface area contributed by atoms with Crippen molar-refractivity contribution >= 4 is 33.5 Å². The zero-order chi connectivity index (χ0) is 20.4. The van der Waals surface area contributed by atoms with Crippen LogP contribution in [0, 0.1) is 5.82 Å². The number of hydrogen-bond acceptors (Lipinski definition) is 4. The van der Waals surface area contributed by atoms with Crippen LogP contribution in [0.1, 0.15) is 33.3 Å². The van der Waals surface area contributed by atoms with Gasteiger partial charge in [-0.25, -0.2) is 9.18 Å². The number of fused-ring (bicyclic) bond motifs is 1. The van der Waals surface area contributed by atoms with Gasteiger partial charge in [-0.3, -0.25) is 0 Å². The van der Waals surface area contributed by atoms with Crippen molar-refractivity contribution in [2.45, 2.75) is 19.5 Å². The van der Waals surface area contributed by atoms with Crippen molar-refractivity contribution in [3.63, 3.8) is 0 Å². The maximum absolute atomic E-state index is 14.0. The summed E-state index contributed by atoms with van der Waals surface area (Å²) in [6, 6.07) is 17.2. The van der Waals surface area contributed by atoms with E-state index in [0.717, 1.165) is 21.7 Å². The van der Waals surface area contributed by atoms with Crippen LogP contribution in [0.2, 0.25) is 5.02 Å². The van der Waals surface area contributed by atoms with E-state index >= 15 is 0 Å². The summed E-state index contributed by atoms with van der Waals surface area (Å²) in [4.78, 5) is 12.4. The molecule has 29 heavy (non-hydrogen) atoms. The van der Waals surface area contributed by atoms with E-state index in [4.69, 9.17) is 25.8 Å². The molecule has 4 rings (SSSR count). The molecule has 0 spiro atoms. The molecule has 0 saturated carbocycles. The van der Waals surface area contributed by atoms with Gasteiger partial charge in [0.2, 0.25) is 6.29 Å². The first-order valence-electron chi connectivity index (χ1n) is 8.78. The van der Waals surface area contributed by atoms with Gasteiger partial charge in [-0.1, -0.05) is 63.9 Å². The molecule has 7 heteroatoms. The van der Waals surface area contributed by atoms with Crippen molar-refractivity contribution in [1.29, 1.82) is 0 Å². The van der Waals surface area contributed by atoms with Gasteiger partial charge in [0.25, 0.3) is 0 Å². The first kappa shape index (κ1) is 19.9. The number of carbonyl (C=O) groups is 1. The molecule has 0 bridgehead atoms. The lowest BCUT2D eigenvalue weighted by atomic mass is 10.1. The molecule has 0 unspecified atom stereocenters. The van der Waals surface area contributed by atoms with Gasteiger partial charge in [0.05, 0.1) is 11.6 Å². The zero-order valence-corrected chi connectivity index (χ0v) is 17.4. The summed E-state index contributed by atoms with van der Waals surface area (Å²) in [6.45, 7) is 0.237. The molecule has 0 radical (unpaired) electrons. The van der Waals surface area contributed by atoms with Gasteiger partial charge in [-0.05, 0) is 24.3 Å². The molecule has 3 aromatic rings. The van der Waals surface area contributed by atoms with Gasteiger partial charge in [-0.15, -0.1) is 0 Å². The Bertz CT molecular complexity index is 1040. The van der Waals surface area contributed by atoms with Crippen molar-refractivity contribution in [3.8, 4) is 5.75 Å². The Kier molecular flexibility index (Phi) is 5.85. The molecule has 0 aromatic heterocycles. The fourth-order valence-electron chi connectivity index (χ4n) is 3.07. The van der Waals surface area contributed by atoms with Crippen LogP contribution in [0.3, 0.4) is 0 Å². The highest BCUT2D eigenvalue weighted by molar-refractivity contribution is 9.10. The minimum absolute atomic E-state index is 0.0000581. The second kappa shape index (κ2) is 8.53. The van der Waals surface area contributed by atoms with Crippen LogP contribution in [0.4, 0.5) is 4.39 Å². The van der Waals surface area contributed by atoms with Crippen LogP contribution >= 0.6 is 27.5 Å². The third-order valence-electron chi connectivity index (χ3n) is 4.42. The molecule has 0 fully saturated rings. The quantitative estimate of drug-likeness (QED) is 0.419. The predicted molar refractivity (Wildman–Crippen MR) is 109 cm³/mol. The Morgan fingerprint density at radius 2 is 1.97 bits per heavy atom. The van der Waals surface area contributed by atoms with Gasteiger partial charge in [0.15, 0.2) is 0 Å². The largest absolute Gasteiger partial charge is 0.460 e. The van der Waals surface area contributed by atoms with E-state index in [-0.39, 0.29) is 17.2 Å². The second-order valence-electron chi connectivity index (χ2n) is 6.40. The minimum atomic E-state index is -0.839. The molecule has 0 aliphatic carbocycles. The van der Waals surface area contributed by atoms with E-state index in [9.17, 15) is 9.18 Å². The maximum atomic E-state index is 14.0. The van der Waals surface area contributed by atoms with Crippen molar-refractivity contribution in [2.75, 3.05) is 0 Å². The molecule has 1 heterocycles. The zero-order valence-electron chi connectivity index (χ0n) is 15.0. The predicted octanol–water partition coefficient (Wildman–Crippen LogP) is 6.21. The van der Waals surface area contributed by atoms with E-state index in [1.165, 1.54) is 12.1 Å². The highest BCUT2D eigenvalue weighted by Crippen LogP contribution is 2.38. The van der Waals surface area contributed by atoms with Crippen molar-refractivity contribution in [1.82, 2.24) is 0 Å². The number of rotatable bonds is 4. The molecular weight excluding hydrogens is 463 g/mol. The summed E-state index contributed by atoms with van der Waals surface area (Å²) >= 11 is 9.39. The van der Waals surface area contributed by atoms with Crippen LogP contribution in [0.5, 0.6) is 5.75 Å². The summed E-state index contributed by atoms with van der Waals surface area (Å²) in [5.41, 5.74) is 2.05. The molecule has 0 saturated heterocycles. The standard InChI is InChI=1S/C22H15BrClFO4/c23-16-9-14(11-27-21(26)19-17(24)7-4-8-18(19)25)20-15(10-16)12-28-22(29-20)13-5-2-1-3-6-13/h1-10,22H,11-12H2/t22-/m1/s1. The van der Waals surface area contributed by atoms with Gasteiger partial charge < -0.3 is 14.2 Å². The molecule has 4 nitrogen and oxygen atoms in total. The van der Waals surface area contributed by atoms with Crippen LogP contribution in [0.15, 0.2) is 65.1 Å². The lowest BCUT2D eigenvalue weighted by Crippen LogP contribution is -2.19. The molecular formula is C22H15BrClFO4. The summed E-state index contributed by atoms with van der Waals surface area (Å²) in [5, 5.41) is 0.0000581. The maximum Gasteiger partial charge on any atom is 0.343 e.